The molecule has 4 nitrogen and oxygen atoms in total. The summed E-state index contributed by atoms with van der Waals surface area (Å²) in [7, 11) is 1.63. The third kappa shape index (κ3) is 2.80. The van der Waals surface area contributed by atoms with Crippen LogP contribution in [0.4, 0.5) is 11.4 Å². The van der Waals surface area contributed by atoms with Gasteiger partial charge in [-0.3, -0.25) is 9.69 Å². The SMILES string of the molecule is COc1ccc2[nH]c(Cl)c(C=C3C(=O)N(c4ccccc4)c4ccccc43)c2c1. The van der Waals surface area contributed by atoms with Crippen molar-refractivity contribution >= 4 is 51.4 Å². The maximum Gasteiger partial charge on any atom is 0.263 e. The Morgan fingerprint density at radius 2 is 1.76 bits per heavy atom. The second-order valence-electron chi connectivity index (χ2n) is 6.82. The van der Waals surface area contributed by atoms with Crippen molar-refractivity contribution in [2.75, 3.05) is 12.0 Å². The van der Waals surface area contributed by atoms with Crippen molar-refractivity contribution in [3.63, 3.8) is 0 Å². The van der Waals surface area contributed by atoms with Gasteiger partial charge in [0.05, 0.1) is 18.4 Å². The van der Waals surface area contributed by atoms with Crippen LogP contribution < -0.4 is 9.64 Å². The zero-order valence-corrected chi connectivity index (χ0v) is 16.4. The molecule has 0 atom stereocenters. The minimum Gasteiger partial charge on any atom is -0.497 e. The first-order valence-electron chi connectivity index (χ1n) is 9.23. The fraction of sp³-hybridized carbons (Fsp3) is 0.0417. The molecule has 0 radical (unpaired) electrons. The quantitative estimate of drug-likeness (QED) is 0.425. The molecule has 1 N–H and O–H groups in total. The molecule has 0 saturated carbocycles. The van der Waals surface area contributed by atoms with Gasteiger partial charge in [0.1, 0.15) is 10.9 Å². The van der Waals surface area contributed by atoms with Gasteiger partial charge < -0.3 is 9.72 Å². The molecule has 29 heavy (non-hydrogen) atoms. The number of rotatable bonds is 3. The number of nitrogens with one attached hydrogen (secondary N) is 1. The highest BCUT2D eigenvalue weighted by Crippen LogP contribution is 2.43. The molecule has 0 fully saturated rings. The molecule has 3 aromatic carbocycles. The van der Waals surface area contributed by atoms with Crippen LogP contribution in [-0.2, 0) is 4.79 Å². The number of carbonyl (C=O) groups is 1. The molecule has 0 saturated heterocycles. The third-order valence-electron chi connectivity index (χ3n) is 5.17. The van der Waals surface area contributed by atoms with Crippen LogP contribution in [0, 0.1) is 0 Å². The van der Waals surface area contributed by atoms with Crippen LogP contribution in [0.2, 0.25) is 5.15 Å². The van der Waals surface area contributed by atoms with Crippen LogP contribution >= 0.6 is 11.6 Å². The molecule has 142 valence electrons. The highest BCUT2D eigenvalue weighted by Gasteiger charge is 2.33. The van der Waals surface area contributed by atoms with E-state index in [1.807, 2.05) is 78.9 Å². The summed E-state index contributed by atoms with van der Waals surface area (Å²) >= 11 is 6.50. The van der Waals surface area contributed by atoms with Crippen LogP contribution in [0.5, 0.6) is 5.75 Å². The molecule has 5 heteroatoms. The number of fused-ring (bicyclic) bond motifs is 2. The molecule has 0 unspecified atom stereocenters. The van der Waals surface area contributed by atoms with E-state index in [9.17, 15) is 4.79 Å². The number of methoxy groups -OCH3 is 1. The highest BCUT2D eigenvalue weighted by atomic mass is 35.5. The number of para-hydroxylation sites is 2. The Labute approximate surface area is 173 Å². The van der Waals surface area contributed by atoms with Crippen LogP contribution in [0.15, 0.2) is 72.8 Å². The lowest BCUT2D eigenvalue weighted by atomic mass is 10.0. The Balaban J connectivity index is 1.71. The van der Waals surface area contributed by atoms with Crippen LogP contribution in [0.1, 0.15) is 11.1 Å². The first-order valence-corrected chi connectivity index (χ1v) is 9.61. The summed E-state index contributed by atoms with van der Waals surface area (Å²) in [6, 6.07) is 23.2. The normalized spacial score (nSPS) is 14.6. The number of aromatic nitrogens is 1. The lowest BCUT2D eigenvalue weighted by Crippen LogP contribution is -2.20. The van der Waals surface area contributed by atoms with Gasteiger partial charge in [-0.2, -0.15) is 0 Å². The van der Waals surface area contributed by atoms with E-state index in [2.05, 4.69) is 4.98 Å². The van der Waals surface area contributed by atoms with E-state index in [1.54, 1.807) is 12.0 Å². The third-order valence-corrected chi connectivity index (χ3v) is 5.47. The molecule has 0 bridgehead atoms. The van der Waals surface area contributed by atoms with Crippen molar-refractivity contribution in [2.24, 2.45) is 0 Å². The summed E-state index contributed by atoms with van der Waals surface area (Å²) in [4.78, 5) is 18.4. The largest absolute Gasteiger partial charge is 0.497 e. The Hall–Kier alpha value is -3.50. The van der Waals surface area contributed by atoms with E-state index in [1.165, 1.54) is 0 Å². The number of halogens is 1. The zero-order chi connectivity index (χ0) is 20.0. The standard InChI is InChI=1S/C24H17ClN2O2/c1-29-16-11-12-21-18(13-16)19(23(25)26-21)14-20-17-9-5-6-10-22(17)27(24(20)28)15-7-3-2-4-8-15/h2-14,26H,1H3. The number of H-pyrrole nitrogens is 1. The summed E-state index contributed by atoms with van der Waals surface area (Å²) in [6.07, 6.45) is 1.87. The van der Waals surface area contributed by atoms with Gasteiger partial charge in [-0.15, -0.1) is 0 Å². The molecule has 0 spiro atoms. The summed E-state index contributed by atoms with van der Waals surface area (Å²) in [5.41, 5.74) is 4.85. The Bertz CT molecular complexity index is 1270. The number of carbonyl (C=O) groups excluding carboxylic acids is 1. The fourth-order valence-corrected chi connectivity index (χ4v) is 4.04. The molecule has 1 aliphatic heterocycles. The van der Waals surface area contributed by atoms with Crippen LogP contribution in [0.25, 0.3) is 22.6 Å². The van der Waals surface area contributed by atoms with Crippen molar-refractivity contribution < 1.29 is 9.53 Å². The lowest BCUT2D eigenvalue weighted by Gasteiger charge is -2.16. The van der Waals surface area contributed by atoms with Gasteiger partial charge in [0.2, 0.25) is 0 Å². The fourth-order valence-electron chi connectivity index (χ4n) is 3.79. The van der Waals surface area contributed by atoms with Gasteiger partial charge in [0.25, 0.3) is 5.91 Å². The summed E-state index contributed by atoms with van der Waals surface area (Å²) < 4.78 is 5.36. The maximum atomic E-state index is 13.4. The minimum atomic E-state index is -0.0780. The van der Waals surface area contributed by atoms with E-state index in [0.29, 0.717) is 10.7 Å². The van der Waals surface area contributed by atoms with Gasteiger partial charge in [0, 0.05) is 27.7 Å². The number of benzene rings is 3. The summed E-state index contributed by atoms with van der Waals surface area (Å²) in [5, 5.41) is 1.40. The minimum absolute atomic E-state index is 0.0780. The number of nitrogens with zero attached hydrogens (tertiary/aromatic N) is 1. The zero-order valence-electron chi connectivity index (χ0n) is 15.6. The number of anilines is 2. The van der Waals surface area contributed by atoms with Crippen molar-refractivity contribution in [2.45, 2.75) is 0 Å². The van der Waals surface area contributed by atoms with Crippen molar-refractivity contribution in [1.82, 2.24) is 4.98 Å². The monoisotopic (exact) mass is 400 g/mol. The van der Waals surface area contributed by atoms with E-state index in [-0.39, 0.29) is 5.91 Å². The molecule has 1 aromatic heterocycles. The van der Waals surface area contributed by atoms with Gasteiger partial charge in [-0.05, 0) is 42.5 Å². The summed E-state index contributed by atoms with van der Waals surface area (Å²) in [6.45, 7) is 0. The molecular formula is C24H17ClN2O2. The van der Waals surface area contributed by atoms with Crippen molar-refractivity contribution in [1.29, 1.82) is 0 Å². The predicted octanol–water partition coefficient (Wildman–Crippen LogP) is 6.05. The van der Waals surface area contributed by atoms with E-state index < -0.39 is 0 Å². The molecule has 4 aromatic rings. The van der Waals surface area contributed by atoms with Crippen LogP contribution in [0.3, 0.4) is 0 Å². The number of hydrogen-bond acceptors (Lipinski definition) is 2. The van der Waals surface area contributed by atoms with Gasteiger partial charge >= 0.3 is 0 Å². The molecule has 5 rings (SSSR count). The van der Waals surface area contributed by atoms with Gasteiger partial charge in [0.15, 0.2) is 0 Å². The van der Waals surface area contributed by atoms with Crippen LogP contribution in [-0.4, -0.2) is 18.0 Å². The van der Waals surface area contributed by atoms with E-state index in [0.717, 1.165) is 39.2 Å². The number of amides is 1. The molecule has 1 amide bonds. The van der Waals surface area contributed by atoms with E-state index >= 15 is 0 Å². The Kier molecular flexibility index (Phi) is 4.14. The first-order chi connectivity index (χ1) is 14.2. The maximum absolute atomic E-state index is 13.4. The smallest absolute Gasteiger partial charge is 0.263 e. The number of ether oxygens (including phenoxy) is 1. The van der Waals surface area contributed by atoms with E-state index in [4.69, 9.17) is 16.3 Å². The average Bonchev–Trinajstić information content (AvgIpc) is 3.22. The molecule has 0 aliphatic carbocycles. The Morgan fingerprint density at radius 1 is 1.00 bits per heavy atom. The van der Waals surface area contributed by atoms with Gasteiger partial charge in [-0.1, -0.05) is 48.0 Å². The Morgan fingerprint density at radius 3 is 2.55 bits per heavy atom. The van der Waals surface area contributed by atoms with Crippen molar-refractivity contribution in [3.05, 3.63) is 89.1 Å². The average molecular weight is 401 g/mol. The predicted molar refractivity (Wildman–Crippen MR) is 118 cm³/mol. The lowest BCUT2D eigenvalue weighted by molar-refractivity contribution is -0.112. The molecule has 1 aliphatic rings. The number of aromatic amines is 1. The number of hydrogen-bond donors (Lipinski definition) is 1. The van der Waals surface area contributed by atoms with Gasteiger partial charge in [-0.25, -0.2) is 0 Å². The second-order valence-corrected chi connectivity index (χ2v) is 7.19. The first kappa shape index (κ1) is 17.6. The highest BCUT2D eigenvalue weighted by molar-refractivity contribution is 6.40. The molecule has 2 heterocycles. The van der Waals surface area contributed by atoms with Crippen molar-refractivity contribution in [3.8, 4) is 5.75 Å². The summed E-state index contributed by atoms with van der Waals surface area (Å²) in [5.74, 6) is 0.655. The topological polar surface area (TPSA) is 45.3 Å². The molecular weight excluding hydrogens is 384 g/mol. The second kappa shape index (κ2) is 6.83.